The fourth-order valence-electron chi connectivity index (χ4n) is 2.31. The lowest BCUT2D eigenvalue weighted by molar-refractivity contribution is -0.0530. The highest BCUT2D eigenvalue weighted by atomic mass is 16.5. The third-order valence-corrected chi connectivity index (χ3v) is 3.19. The summed E-state index contributed by atoms with van der Waals surface area (Å²) in [7, 11) is 0. The molecule has 2 rings (SSSR count). The Morgan fingerprint density at radius 1 is 1.29 bits per heavy atom. The second kappa shape index (κ2) is 6.01. The molecule has 1 heterocycles. The van der Waals surface area contributed by atoms with E-state index in [1.807, 2.05) is 13.8 Å². The van der Waals surface area contributed by atoms with Crippen molar-refractivity contribution >= 4 is 17.7 Å². The Hall–Kier alpha value is -2.28. The van der Waals surface area contributed by atoms with Crippen molar-refractivity contribution in [3.05, 3.63) is 23.8 Å². The maximum atomic E-state index is 12.2. The number of nitrogens with one attached hydrogen (secondary N) is 1. The lowest BCUT2D eigenvalue weighted by atomic mass is 10.2. The Labute approximate surface area is 122 Å². The molecule has 1 aliphatic rings. The summed E-state index contributed by atoms with van der Waals surface area (Å²) in [6.45, 7) is 4.69. The van der Waals surface area contributed by atoms with E-state index in [1.54, 1.807) is 4.90 Å². The average Bonchev–Trinajstić information content (AvgIpc) is 2.39. The number of rotatable bonds is 2. The molecule has 1 aliphatic heterocycles. The van der Waals surface area contributed by atoms with Gasteiger partial charge >= 0.3 is 12.0 Å². The zero-order chi connectivity index (χ0) is 15.6. The van der Waals surface area contributed by atoms with Crippen LogP contribution in [0.25, 0.3) is 0 Å². The Balaban J connectivity index is 2.07. The van der Waals surface area contributed by atoms with E-state index in [9.17, 15) is 14.7 Å². The largest absolute Gasteiger partial charge is 0.506 e. The number of carboxylic acid groups (broad SMARTS) is 1. The van der Waals surface area contributed by atoms with Gasteiger partial charge in [-0.25, -0.2) is 9.59 Å². The topological polar surface area (TPSA) is 99.1 Å². The SMILES string of the molecule is C[C@@H]1CN(C(=O)Nc2ccc(C(=O)O)cc2O)C[C@H](C)O1. The van der Waals surface area contributed by atoms with Crippen molar-refractivity contribution in [1.82, 2.24) is 4.90 Å². The van der Waals surface area contributed by atoms with Crippen LogP contribution in [0.3, 0.4) is 0 Å². The molecule has 2 atom stereocenters. The van der Waals surface area contributed by atoms with Crippen LogP contribution in [0.15, 0.2) is 18.2 Å². The molecule has 1 aromatic rings. The first-order chi connectivity index (χ1) is 9.86. The fraction of sp³-hybridized carbons (Fsp3) is 0.429. The second-order valence-corrected chi connectivity index (χ2v) is 5.13. The number of carboxylic acids is 1. The first kappa shape index (κ1) is 15.1. The van der Waals surface area contributed by atoms with Crippen LogP contribution >= 0.6 is 0 Å². The summed E-state index contributed by atoms with van der Waals surface area (Å²) >= 11 is 0. The first-order valence-corrected chi connectivity index (χ1v) is 6.64. The van der Waals surface area contributed by atoms with Gasteiger partial charge in [0.1, 0.15) is 5.75 Å². The van der Waals surface area contributed by atoms with Gasteiger partial charge in [-0.05, 0) is 32.0 Å². The van der Waals surface area contributed by atoms with E-state index in [1.165, 1.54) is 12.1 Å². The second-order valence-electron chi connectivity index (χ2n) is 5.13. The molecule has 1 saturated heterocycles. The van der Waals surface area contributed by atoms with Crippen LogP contribution in [0.4, 0.5) is 10.5 Å². The average molecular weight is 294 g/mol. The summed E-state index contributed by atoms with van der Waals surface area (Å²) in [6.07, 6.45) is -0.107. The van der Waals surface area contributed by atoms with Crippen molar-refractivity contribution in [2.45, 2.75) is 26.1 Å². The molecule has 114 valence electrons. The molecule has 0 spiro atoms. The number of urea groups is 1. The monoisotopic (exact) mass is 294 g/mol. The predicted octanol–water partition coefficient (Wildman–Crippen LogP) is 1.73. The summed E-state index contributed by atoms with van der Waals surface area (Å²) in [6, 6.07) is 3.43. The van der Waals surface area contributed by atoms with E-state index >= 15 is 0 Å². The molecule has 1 aromatic carbocycles. The third kappa shape index (κ3) is 3.63. The van der Waals surface area contributed by atoms with Crippen LogP contribution in [-0.2, 0) is 4.74 Å². The highest BCUT2D eigenvalue weighted by Gasteiger charge is 2.26. The van der Waals surface area contributed by atoms with Crippen molar-refractivity contribution in [3.63, 3.8) is 0 Å². The number of morpholine rings is 1. The Kier molecular flexibility index (Phi) is 4.32. The maximum Gasteiger partial charge on any atom is 0.335 e. The number of phenols is 1. The molecule has 0 bridgehead atoms. The lowest BCUT2D eigenvalue weighted by Crippen LogP contribution is -2.49. The normalized spacial score (nSPS) is 21.9. The quantitative estimate of drug-likeness (QED) is 0.721. The van der Waals surface area contributed by atoms with Gasteiger partial charge in [0.25, 0.3) is 0 Å². The summed E-state index contributed by atoms with van der Waals surface area (Å²) in [4.78, 5) is 24.5. The van der Waals surface area contributed by atoms with E-state index in [-0.39, 0.29) is 35.2 Å². The Morgan fingerprint density at radius 2 is 1.90 bits per heavy atom. The molecule has 3 N–H and O–H groups in total. The zero-order valence-electron chi connectivity index (χ0n) is 11.9. The highest BCUT2D eigenvalue weighted by molar-refractivity contribution is 5.93. The standard InChI is InChI=1S/C14H18N2O5/c1-8-6-16(7-9(2)21-8)14(20)15-11-4-3-10(13(18)19)5-12(11)17/h3-5,8-9,17H,6-7H2,1-2H3,(H,15,20)(H,18,19)/t8-,9+. The number of phenolic OH excluding ortho intramolecular Hbond substituents is 1. The third-order valence-electron chi connectivity index (χ3n) is 3.19. The summed E-state index contributed by atoms with van der Waals surface area (Å²) in [5, 5.41) is 21.2. The fourth-order valence-corrected chi connectivity index (χ4v) is 2.31. The van der Waals surface area contributed by atoms with E-state index in [4.69, 9.17) is 9.84 Å². The zero-order valence-corrected chi connectivity index (χ0v) is 11.9. The minimum Gasteiger partial charge on any atom is -0.506 e. The minimum absolute atomic E-state index is 0.0425. The molecule has 0 aliphatic carbocycles. The number of aromatic carboxylic acids is 1. The van der Waals surface area contributed by atoms with E-state index in [0.29, 0.717) is 13.1 Å². The molecular weight excluding hydrogens is 276 g/mol. The van der Waals surface area contributed by atoms with E-state index in [2.05, 4.69) is 5.32 Å². The number of amides is 2. The molecule has 0 aromatic heterocycles. The molecule has 0 unspecified atom stereocenters. The smallest absolute Gasteiger partial charge is 0.335 e. The number of hydrogen-bond donors (Lipinski definition) is 3. The van der Waals surface area contributed by atoms with Crippen LogP contribution in [0.5, 0.6) is 5.75 Å². The van der Waals surface area contributed by atoms with Gasteiger partial charge in [-0.2, -0.15) is 0 Å². The van der Waals surface area contributed by atoms with Gasteiger partial charge < -0.3 is 25.2 Å². The maximum absolute atomic E-state index is 12.2. The van der Waals surface area contributed by atoms with Gasteiger partial charge in [-0.1, -0.05) is 0 Å². The van der Waals surface area contributed by atoms with Crippen molar-refractivity contribution in [2.24, 2.45) is 0 Å². The first-order valence-electron chi connectivity index (χ1n) is 6.64. The summed E-state index contributed by atoms with van der Waals surface area (Å²) in [5.74, 6) is -1.42. The van der Waals surface area contributed by atoms with Crippen LogP contribution in [0.1, 0.15) is 24.2 Å². The molecule has 2 amide bonds. The van der Waals surface area contributed by atoms with E-state index < -0.39 is 5.97 Å². The van der Waals surface area contributed by atoms with Crippen molar-refractivity contribution in [1.29, 1.82) is 0 Å². The Morgan fingerprint density at radius 3 is 2.43 bits per heavy atom. The molecular formula is C14H18N2O5. The highest BCUT2D eigenvalue weighted by Crippen LogP contribution is 2.25. The van der Waals surface area contributed by atoms with Gasteiger partial charge in [0, 0.05) is 13.1 Å². The minimum atomic E-state index is -1.14. The number of ether oxygens (including phenoxy) is 1. The predicted molar refractivity (Wildman–Crippen MR) is 75.7 cm³/mol. The number of benzene rings is 1. The van der Waals surface area contributed by atoms with Gasteiger partial charge in [0.05, 0.1) is 23.5 Å². The Bertz CT molecular complexity index is 550. The number of carbonyl (C=O) groups excluding carboxylic acids is 1. The van der Waals surface area contributed by atoms with Gasteiger partial charge in [-0.15, -0.1) is 0 Å². The summed E-state index contributed by atoms with van der Waals surface area (Å²) < 4.78 is 5.55. The number of aromatic hydroxyl groups is 1. The van der Waals surface area contributed by atoms with Gasteiger partial charge in [0.2, 0.25) is 0 Å². The van der Waals surface area contributed by atoms with Gasteiger partial charge in [0.15, 0.2) is 0 Å². The van der Waals surface area contributed by atoms with Gasteiger partial charge in [-0.3, -0.25) is 0 Å². The number of anilines is 1. The van der Waals surface area contributed by atoms with Crippen LogP contribution in [0, 0.1) is 0 Å². The summed E-state index contributed by atoms with van der Waals surface area (Å²) in [5.41, 5.74) is 0.135. The van der Waals surface area contributed by atoms with Crippen molar-refractivity contribution in [3.8, 4) is 5.75 Å². The van der Waals surface area contributed by atoms with Crippen LogP contribution in [-0.4, -0.2) is 52.4 Å². The molecule has 0 saturated carbocycles. The van der Waals surface area contributed by atoms with Crippen molar-refractivity contribution in [2.75, 3.05) is 18.4 Å². The lowest BCUT2D eigenvalue weighted by Gasteiger charge is -2.35. The van der Waals surface area contributed by atoms with E-state index in [0.717, 1.165) is 6.07 Å². The number of carbonyl (C=O) groups is 2. The van der Waals surface area contributed by atoms with Crippen molar-refractivity contribution < 1.29 is 24.5 Å². The number of hydrogen-bond acceptors (Lipinski definition) is 4. The van der Waals surface area contributed by atoms with Crippen LogP contribution < -0.4 is 5.32 Å². The molecule has 0 radical (unpaired) electrons. The van der Waals surface area contributed by atoms with Crippen LogP contribution in [0.2, 0.25) is 0 Å². The molecule has 21 heavy (non-hydrogen) atoms. The molecule has 7 heteroatoms. The number of nitrogens with zero attached hydrogens (tertiary/aromatic N) is 1. The molecule has 7 nitrogen and oxygen atoms in total. The molecule has 1 fully saturated rings.